The number of hydrogen-bond acceptors (Lipinski definition) is 7. The molecule has 26 heavy (non-hydrogen) atoms. The van der Waals surface area contributed by atoms with Gasteiger partial charge in [0, 0.05) is 18.3 Å². The van der Waals surface area contributed by atoms with E-state index in [-0.39, 0.29) is 34.9 Å². The lowest BCUT2D eigenvalue weighted by molar-refractivity contribution is 0.0804. The van der Waals surface area contributed by atoms with Crippen molar-refractivity contribution in [2.75, 3.05) is 11.9 Å². The van der Waals surface area contributed by atoms with Crippen molar-refractivity contribution in [1.82, 2.24) is 15.3 Å². The van der Waals surface area contributed by atoms with Crippen LogP contribution in [0.25, 0.3) is 0 Å². The van der Waals surface area contributed by atoms with Crippen LogP contribution in [0.15, 0.2) is 15.9 Å². The normalized spacial score (nSPS) is 32.5. The van der Waals surface area contributed by atoms with Gasteiger partial charge in [0.15, 0.2) is 12.5 Å². The van der Waals surface area contributed by atoms with Crippen molar-refractivity contribution in [2.24, 2.45) is 15.8 Å². The van der Waals surface area contributed by atoms with Gasteiger partial charge < -0.3 is 10.1 Å². The van der Waals surface area contributed by atoms with Gasteiger partial charge in [-0.05, 0) is 37.0 Å². The van der Waals surface area contributed by atoms with Crippen LogP contribution in [0.1, 0.15) is 45.7 Å². The molecule has 1 aliphatic heterocycles. The number of carbonyl (C=O) groups excluding carboxylic acids is 1. The smallest absolute Gasteiger partial charge is 0.252 e. The second-order valence-electron chi connectivity index (χ2n) is 8.67. The van der Waals surface area contributed by atoms with Gasteiger partial charge >= 0.3 is 0 Å². The number of hydrogen-bond donors (Lipinski definition) is 3. The van der Waals surface area contributed by atoms with E-state index in [0.717, 1.165) is 25.8 Å². The highest BCUT2D eigenvalue weighted by Crippen LogP contribution is 2.46. The van der Waals surface area contributed by atoms with E-state index in [0.29, 0.717) is 11.6 Å². The van der Waals surface area contributed by atoms with Crippen molar-refractivity contribution in [2.45, 2.75) is 65.5 Å². The van der Waals surface area contributed by atoms with E-state index in [1.807, 2.05) is 0 Å². The van der Waals surface area contributed by atoms with E-state index < -0.39 is 0 Å². The van der Waals surface area contributed by atoms with E-state index in [9.17, 15) is 9.59 Å². The van der Waals surface area contributed by atoms with Crippen LogP contribution in [0, 0.1) is 17.8 Å². The number of aromatic nitrogens is 2. The third-order valence-electron chi connectivity index (χ3n) is 5.03. The molecule has 2 heterocycles. The Labute approximate surface area is 152 Å². The van der Waals surface area contributed by atoms with E-state index in [4.69, 9.17) is 4.74 Å². The topological polar surface area (TPSA) is 112 Å². The standard InChI is InChI=1S/C18H27N5O3/c1-11-5-13(25)22-16(21-11)23-15-14(26-15)19-9-18(4)7-12(20-10-24)6-17(2,3)8-18/h5,12,14-15,19H,6-9H2,1-4H3,(H2,21,22,23,25). The Balaban J connectivity index is 1.54. The second-order valence-corrected chi connectivity index (χ2v) is 8.67. The van der Waals surface area contributed by atoms with Crippen LogP contribution < -0.4 is 16.2 Å². The van der Waals surface area contributed by atoms with Crippen molar-refractivity contribution < 1.29 is 9.53 Å². The van der Waals surface area contributed by atoms with Gasteiger partial charge in [-0.2, -0.15) is 0 Å². The number of aliphatic imine (C=N–C) groups is 1. The monoisotopic (exact) mass is 361 g/mol. The van der Waals surface area contributed by atoms with E-state index >= 15 is 0 Å². The first-order chi connectivity index (χ1) is 12.2. The van der Waals surface area contributed by atoms with Gasteiger partial charge in [0.05, 0.1) is 6.04 Å². The van der Waals surface area contributed by atoms with Crippen molar-refractivity contribution >= 4 is 12.0 Å². The predicted molar refractivity (Wildman–Crippen MR) is 97.5 cm³/mol. The Bertz CT molecular complexity index is 770. The number of nitrogens with zero attached hydrogens (tertiary/aromatic N) is 2. The number of epoxide rings is 1. The van der Waals surface area contributed by atoms with Gasteiger partial charge in [0.25, 0.3) is 5.56 Å². The van der Waals surface area contributed by atoms with E-state index in [1.165, 1.54) is 6.07 Å². The molecule has 142 valence electrons. The molecule has 4 atom stereocenters. The summed E-state index contributed by atoms with van der Waals surface area (Å²) < 4.78 is 5.59. The largest absolute Gasteiger partial charge is 0.331 e. The highest BCUT2D eigenvalue weighted by molar-refractivity contribution is 5.33. The molecule has 1 aromatic rings. The molecule has 1 aliphatic carbocycles. The number of rotatable bonds is 6. The molecule has 3 N–H and O–H groups in total. The fourth-order valence-electron chi connectivity index (χ4n) is 4.39. The maximum Gasteiger partial charge on any atom is 0.252 e. The molecule has 1 saturated carbocycles. The summed E-state index contributed by atoms with van der Waals surface area (Å²) in [5.74, 6) is 0.412. The summed E-state index contributed by atoms with van der Waals surface area (Å²) in [7, 11) is 0. The van der Waals surface area contributed by atoms with Crippen LogP contribution in [0.3, 0.4) is 0 Å². The van der Waals surface area contributed by atoms with E-state index in [1.54, 1.807) is 13.0 Å². The maximum absolute atomic E-state index is 11.5. The molecular weight excluding hydrogens is 334 g/mol. The van der Waals surface area contributed by atoms with Crippen LogP contribution in [-0.2, 0) is 9.53 Å². The molecular formula is C18H27N5O3. The second kappa shape index (κ2) is 6.95. The zero-order valence-corrected chi connectivity index (χ0v) is 15.8. The predicted octanol–water partition coefficient (Wildman–Crippen LogP) is 1.68. The number of isocyanates is 1. The number of aromatic amines is 1. The number of aryl methyl sites for hydroxylation is 1. The first-order valence-corrected chi connectivity index (χ1v) is 8.98. The number of H-pyrrole nitrogens is 1. The van der Waals surface area contributed by atoms with Gasteiger partial charge in [-0.3, -0.25) is 15.1 Å². The zero-order chi connectivity index (χ0) is 18.9. The Morgan fingerprint density at radius 1 is 1.38 bits per heavy atom. The third kappa shape index (κ3) is 4.78. The van der Waals surface area contributed by atoms with Gasteiger partial charge in [0.1, 0.15) is 0 Å². The highest BCUT2D eigenvalue weighted by Gasteiger charge is 2.44. The Kier molecular flexibility index (Phi) is 5.01. The molecule has 0 aromatic carbocycles. The minimum Gasteiger partial charge on any atom is -0.331 e. The molecule has 1 aromatic heterocycles. The van der Waals surface area contributed by atoms with Crippen molar-refractivity contribution in [3.63, 3.8) is 0 Å². The summed E-state index contributed by atoms with van der Waals surface area (Å²) in [5.41, 5.74) is 0.621. The fourth-order valence-corrected chi connectivity index (χ4v) is 4.39. The molecule has 0 bridgehead atoms. The average molecular weight is 361 g/mol. The Hall–Kier alpha value is -2.02. The van der Waals surface area contributed by atoms with Gasteiger partial charge in [-0.25, -0.2) is 14.8 Å². The lowest BCUT2D eigenvalue weighted by Gasteiger charge is -2.45. The molecule has 2 aliphatic rings. The lowest BCUT2D eigenvalue weighted by Crippen LogP contribution is -2.44. The third-order valence-corrected chi connectivity index (χ3v) is 5.03. The summed E-state index contributed by atoms with van der Waals surface area (Å²) in [6.45, 7) is 9.19. The van der Waals surface area contributed by atoms with Gasteiger partial charge in [0.2, 0.25) is 12.0 Å². The first-order valence-electron chi connectivity index (χ1n) is 8.98. The molecule has 8 heteroatoms. The van der Waals surface area contributed by atoms with Crippen molar-refractivity contribution in [3.05, 3.63) is 22.1 Å². The minimum atomic E-state index is -0.219. The van der Waals surface area contributed by atoms with Gasteiger partial charge in [-0.1, -0.05) is 20.8 Å². The SMILES string of the molecule is Cc1cc(=O)[nH]c(NC2OC2NCC2(C)CC(N=C=O)CC(C)(C)C2)n1. The van der Waals surface area contributed by atoms with Crippen LogP contribution in [0.4, 0.5) is 5.95 Å². The summed E-state index contributed by atoms with van der Waals surface area (Å²) in [5, 5.41) is 6.49. The van der Waals surface area contributed by atoms with E-state index in [2.05, 4.69) is 46.4 Å². The lowest BCUT2D eigenvalue weighted by atomic mass is 9.62. The van der Waals surface area contributed by atoms with Crippen LogP contribution in [0.2, 0.25) is 0 Å². The molecule has 4 unspecified atom stereocenters. The molecule has 2 fully saturated rings. The minimum absolute atomic E-state index is 0.0265. The molecule has 8 nitrogen and oxygen atoms in total. The summed E-state index contributed by atoms with van der Waals surface area (Å²) >= 11 is 0. The average Bonchev–Trinajstić information content (AvgIpc) is 3.20. The first kappa shape index (κ1) is 18.8. The van der Waals surface area contributed by atoms with Gasteiger partial charge in [-0.15, -0.1) is 0 Å². The highest BCUT2D eigenvalue weighted by atomic mass is 16.6. The number of nitrogens with one attached hydrogen (secondary N) is 3. The van der Waals surface area contributed by atoms with Crippen LogP contribution in [0.5, 0.6) is 0 Å². The number of anilines is 1. The molecule has 0 amide bonds. The Morgan fingerprint density at radius 3 is 2.85 bits per heavy atom. The van der Waals surface area contributed by atoms with Crippen molar-refractivity contribution in [1.29, 1.82) is 0 Å². The van der Waals surface area contributed by atoms with Crippen LogP contribution in [-0.4, -0.2) is 41.1 Å². The summed E-state index contributed by atoms with van der Waals surface area (Å²) in [6.07, 6.45) is 4.19. The maximum atomic E-state index is 11.5. The summed E-state index contributed by atoms with van der Waals surface area (Å²) in [4.78, 5) is 33.0. The molecule has 0 spiro atoms. The van der Waals surface area contributed by atoms with Crippen LogP contribution >= 0.6 is 0 Å². The quantitative estimate of drug-likeness (QED) is 0.404. The van der Waals surface area contributed by atoms with Crippen molar-refractivity contribution in [3.8, 4) is 0 Å². The number of ether oxygens (including phenoxy) is 1. The fraction of sp³-hybridized carbons (Fsp3) is 0.722. The molecule has 1 saturated heterocycles. The zero-order valence-electron chi connectivity index (χ0n) is 15.8. The summed E-state index contributed by atoms with van der Waals surface area (Å²) in [6, 6.07) is 1.47. The Morgan fingerprint density at radius 2 is 2.15 bits per heavy atom. The molecule has 3 rings (SSSR count). The molecule has 0 radical (unpaired) electrons.